The Kier molecular flexibility index (Phi) is 8.33. The molecule has 2 unspecified atom stereocenters. The molecule has 0 amide bonds. The second kappa shape index (κ2) is 10.5. The Hall–Kier alpha value is -2.50. The fourth-order valence-corrected chi connectivity index (χ4v) is 4.49. The van der Waals surface area contributed by atoms with E-state index < -0.39 is 5.97 Å². The van der Waals surface area contributed by atoms with Crippen LogP contribution in [0, 0.1) is 0 Å². The molecule has 2 aliphatic rings. The number of nitrogens with one attached hydrogen (secondary N) is 2. The normalized spacial score (nSPS) is 19.4. The van der Waals surface area contributed by atoms with Gasteiger partial charge in [-0.2, -0.15) is 0 Å². The number of aliphatic carboxylic acids is 1. The molecule has 0 fully saturated rings. The summed E-state index contributed by atoms with van der Waals surface area (Å²) in [6.45, 7) is 4.19. The van der Waals surface area contributed by atoms with E-state index >= 15 is 0 Å². The lowest BCUT2D eigenvalue weighted by Crippen LogP contribution is -2.18. The highest BCUT2D eigenvalue weighted by Crippen LogP contribution is 2.33. The molecule has 2 aliphatic carbocycles. The fourth-order valence-electron chi connectivity index (χ4n) is 4.49. The second-order valence-electron chi connectivity index (χ2n) is 7.92. The van der Waals surface area contributed by atoms with Crippen LogP contribution in [0.3, 0.4) is 0 Å². The van der Waals surface area contributed by atoms with Gasteiger partial charge in [0.2, 0.25) is 0 Å². The first-order chi connectivity index (χ1) is 14.0. The lowest BCUT2D eigenvalue weighted by atomic mass is 9.87. The predicted octanol–water partition coefficient (Wildman–Crippen LogP) is 4.89. The zero-order valence-electron chi connectivity index (χ0n) is 17.6. The number of aromatic amines is 2. The summed E-state index contributed by atoms with van der Waals surface area (Å²) >= 11 is 0. The summed E-state index contributed by atoms with van der Waals surface area (Å²) in [6, 6.07) is 4.14. The summed E-state index contributed by atoms with van der Waals surface area (Å²) in [6.07, 6.45) is 7.73. The molecule has 2 heterocycles. The fraction of sp³-hybridized carbons (Fsp3) is 0.583. The number of carboxylic acids is 1. The molecule has 0 aromatic carbocycles. The van der Waals surface area contributed by atoms with Crippen LogP contribution in [0.15, 0.2) is 12.1 Å². The van der Waals surface area contributed by atoms with Crippen LogP contribution in [0.5, 0.6) is 0 Å². The minimum Gasteiger partial charge on any atom is -0.481 e. The largest absolute Gasteiger partial charge is 0.481 e. The number of H-pyrrole nitrogens is 2. The van der Waals surface area contributed by atoms with Gasteiger partial charge in [0.05, 0.1) is 18.9 Å². The van der Waals surface area contributed by atoms with Gasteiger partial charge in [-0.25, -0.2) is 0 Å². The van der Waals surface area contributed by atoms with Crippen LogP contribution >= 0.6 is 0 Å². The van der Waals surface area contributed by atoms with E-state index in [0.717, 1.165) is 73.9 Å². The van der Waals surface area contributed by atoms with Gasteiger partial charge in [-0.05, 0) is 74.6 Å². The first-order valence-corrected chi connectivity index (χ1v) is 10.7. The van der Waals surface area contributed by atoms with Crippen LogP contribution in [-0.2, 0) is 40.0 Å². The Morgan fingerprint density at radius 3 is 1.87 bits per heavy atom. The van der Waals surface area contributed by atoms with E-state index in [9.17, 15) is 9.59 Å². The summed E-state index contributed by atoms with van der Waals surface area (Å²) < 4.78 is 4.84. The zero-order chi connectivity index (χ0) is 21.0. The van der Waals surface area contributed by atoms with Gasteiger partial charge in [-0.15, -0.1) is 0 Å². The number of methoxy groups -OCH3 is 1. The SMILES string of the molecule is C.CCc1cc2c([nH]1)CCCC2C(=O)O.CCc1cc2c([nH]1)CCCC2C(=O)OC. The van der Waals surface area contributed by atoms with E-state index in [1.165, 1.54) is 18.5 Å². The average Bonchev–Trinajstić information content (AvgIpc) is 3.36. The van der Waals surface area contributed by atoms with Crippen LogP contribution in [0.1, 0.15) is 92.7 Å². The maximum absolute atomic E-state index is 11.6. The summed E-state index contributed by atoms with van der Waals surface area (Å²) in [7, 11) is 1.46. The number of aryl methyl sites for hydroxylation is 4. The maximum Gasteiger partial charge on any atom is 0.313 e. The Bertz CT molecular complexity index is 865. The third kappa shape index (κ3) is 4.97. The van der Waals surface area contributed by atoms with Crippen molar-refractivity contribution in [1.29, 1.82) is 0 Å². The maximum atomic E-state index is 11.6. The van der Waals surface area contributed by atoms with Crippen LogP contribution in [0.25, 0.3) is 0 Å². The number of rotatable bonds is 4. The molecule has 0 saturated heterocycles. The summed E-state index contributed by atoms with van der Waals surface area (Å²) in [4.78, 5) is 29.3. The smallest absolute Gasteiger partial charge is 0.313 e. The van der Waals surface area contributed by atoms with Crippen LogP contribution < -0.4 is 0 Å². The minimum absolute atomic E-state index is 0. The van der Waals surface area contributed by atoms with E-state index in [1.807, 2.05) is 6.07 Å². The van der Waals surface area contributed by atoms with Crippen molar-refractivity contribution in [2.24, 2.45) is 0 Å². The van der Waals surface area contributed by atoms with Gasteiger partial charge in [0, 0.05) is 22.8 Å². The number of carbonyl (C=O) groups excluding carboxylic acids is 1. The quantitative estimate of drug-likeness (QED) is 0.619. The van der Waals surface area contributed by atoms with Crippen molar-refractivity contribution in [3.8, 4) is 0 Å². The highest BCUT2D eigenvalue weighted by molar-refractivity contribution is 5.79. The third-order valence-electron chi connectivity index (χ3n) is 6.11. The predicted molar refractivity (Wildman–Crippen MR) is 118 cm³/mol. The van der Waals surface area contributed by atoms with Gasteiger partial charge in [0.15, 0.2) is 0 Å². The van der Waals surface area contributed by atoms with Crippen molar-refractivity contribution in [2.45, 2.75) is 84.5 Å². The molecule has 30 heavy (non-hydrogen) atoms. The van der Waals surface area contributed by atoms with E-state index in [-0.39, 0.29) is 25.2 Å². The Balaban J connectivity index is 0.000000207. The van der Waals surface area contributed by atoms with E-state index in [4.69, 9.17) is 9.84 Å². The molecule has 2 aromatic rings. The molecule has 3 N–H and O–H groups in total. The number of hydrogen-bond acceptors (Lipinski definition) is 3. The third-order valence-corrected chi connectivity index (χ3v) is 6.11. The molecular formula is C24H36N2O4. The standard InChI is InChI=1S/C12H17NO2.C11H15NO2.CH4/c1-3-8-7-10-9(12(14)15-2)5-4-6-11(10)13-8;1-2-7-6-9-8(11(13)14)4-3-5-10(9)12-7;/h7,9,13H,3-6H2,1-2H3;6,8,12H,2-5H2,1H3,(H,13,14);1H4. The molecule has 2 atom stereocenters. The van der Waals surface area contributed by atoms with E-state index in [2.05, 4.69) is 29.9 Å². The number of fused-ring (bicyclic) bond motifs is 2. The van der Waals surface area contributed by atoms with Crippen LogP contribution in [0.4, 0.5) is 0 Å². The topological polar surface area (TPSA) is 95.2 Å². The minimum atomic E-state index is -0.687. The first-order valence-electron chi connectivity index (χ1n) is 10.7. The lowest BCUT2D eigenvalue weighted by Gasteiger charge is -2.19. The molecule has 2 aromatic heterocycles. The summed E-state index contributed by atoms with van der Waals surface area (Å²) in [5.41, 5.74) is 6.92. The molecule has 0 bridgehead atoms. The highest BCUT2D eigenvalue weighted by atomic mass is 16.5. The van der Waals surface area contributed by atoms with Crippen molar-refractivity contribution in [3.63, 3.8) is 0 Å². The summed E-state index contributed by atoms with van der Waals surface area (Å²) in [5, 5.41) is 9.05. The van der Waals surface area contributed by atoms with Crippen molar-refractivity contribution in [3.05, 3.63) is 46.0 Å². The first kappa shape index (κ1) is 23.8. The second-order valence-corrected chi connectivity index (χ2v) is 7.92. The monoisotopic (exact) mass is 416 g/mol. The van der Waals surface area contributed by atoms with E-state index in [0.29, 0.717) is 0 Å². The average molecular weight is 417 g/mol. The number of esters is 1. The van der Waals surface area contributed by atoms with Crippen LogP contribution in [0.2, 0.25) is 0 Å². The number of carboxylic acid groups (broad SMARTS) is 1. The lowest BCUT2D eigenvalue weighted by molar-refractivity contribution is -0.143. The van der Waals surface area contributed by atoms with Crippen molar-refractivity contribution in [2.75, 3.05) is 7.11 Å². The van der Waals surface area contributed by atoms with Gasteiger partial charge >= 0.3 is 11.9 Å². The Morgan fingerprint density at radius 2 is 1.43 bits per heavy atom. The number of hydrogen-bond donors (Lipinski definition) is 3. The van der Waals surface area contributed by atoms with Crippen molar-refractivity contribution < 1.29 is 19.4 Å². The molecule has 0 aliphatic heterocycles. The number of carbonyl (C=O) groups is 2. The van der Waals surface area contributed by atoms with Crippen LogP contribution in [-0.4, -0.2) is 34.1 Å². The molecule has 166 valence electrons. The van der Waals surface area contributed by atoms with Gasteiger partial charge in [-0.1, -0.05) is 21.3 Å². The van der Waals surface area contributed by atoms with Gasteiger partial charge in [0.1, 0.15) is 0 Å². The number of aromatic nitrogens is 2. The molecule has 6 nitrogen and oxygen atoms in total. The molecule has 6 heteroatoms. The van der Waals surface area contributed by atoms with E-state index in [1.54, 1.807) is 0 Å². The van der Waals surface area contributed by atoms with Gasteiger partial charge in [-0.3, -0.25) is 9.59 Å². The van der Waals surface area contributed by atoms with Crippen molar-refractivity contribution >= 4 is 11.9 Å². The number of ether oxygens (including phenoxy) is 1. The van der Waals surface area contributed by atoms with Crippen molar-refractivity contribution in [1.82, 2.24) is 9.97 Å². The molecule has 0 radical (unpaired) electrons. The molecule has 4 rings (SSSR count). The van der Waals surface area contributed by atoms with Gasteiger partial charge in [0.25, 0.3) is 0 Å². The Morgan fingerprint density at radius 1 is 0.967 bits per heavy atom. The zero-order valence-corrected chi connectivity index (χ0v) is 17.6. The summed E-state index contributed by atoms with van der Waals surface area (Å²) in [5.74, 6) is -1.11. The molecule has 0 saturated carbocycles. The Labute approximate surface area is 179 Å². The molecular weight excluding hydrogens is 380 g/mol. The van der Waals surface area contributed by atoms with Gasteiger partial charge < -0.3 is 19.8 Å². The molecule has 0 spiro atoms. The highest BCUT2D eigenvalue weighted by Gasteiger charge is 2.29.